The average Bonchev–Trinajstić information content (AvgIpc) is 2.94. The molecule has 22 heavy (non-hydrogen) atoms. The molecular formula is C19H37NOSi. The molecule has 1 saturated heterocycles. The maximum absolute atomic E-state index is 12.9. The fourth-order valence-corrected chi connectivity index (χ4v) is 4.33. The number of nitrogens with zero attached hydrogens (tertiary/aromatic N) is 1. The number of unbranched alkanes of at least 4 members (excludes halogenated alkanes) is 3. The van der Waals surface area contributed by atoms with Crippen molar-refractivity contribution in [2.45, 2.75) is 90.8 Å². The van der Waals surface area contributed by atoms with Gasteiger partial charge < -0.3 is 4.90 Å². The van der Waals surface area contributed by atoms with E-state index in [1.807, 2.05) is 0 Å². The lowest BCUT2D eigenvalue weighted by molar-refractivity contribution is -0.126. The first-order valence-corrected chi connectivity index (χ1v) is 12.3. The second-order valence-corrected chi connectivity index (χ2v) is 13.7. The Bertz CT molecular complexity index is 387. The van der Waals surface area contributed by atoms with Gasteiger partial charge in [-0.2, -0.15) is 0 Å². The second-order valence-electron chi connectivity index (χ2n) is 8.45. The number of carbonyl (C=O) groups is 1. The molecule has 1 rings (SSSR count). The molecule has 128 valence electrons. The second kappa shape index (κ2) is 8.33. The number of rotatable bonds is 7. The minimum atomic E-state index is -1.56. The van der Waals surface area contributed by atoms with Gasteiger partial charge in [0.25, 0.3) is 0 Å². The predicted octanol–water partition coefficient (Wildman–Crippen LogP) is 5.55. The number of hydrogen-bond acceptors (Lipinski definition) is 1. The van der Waals surface area contributed by atoms with Crippen LogP contribution in [0.1, 0.15) is 72.6 Å². The molecule has 0 N–H and O–H groups in total. The third-order valence-electron chi connectivity index (χ3n) is 5.44. The summed E-state index contributed by atoms with van der Waals surface area (Å²) in [6, 6.07) is 0. The van der Waals surface area contributed by atoms with E-state index in [1.54, 1.807) is 0 Å². The SMILES string of the molecule is CCCCCC/C(=C/[Si](C)(C)C(C)(C)C)C(=O)N1CCCC1. The predicted molar refractivity (Wildman–Crippen MR) is 99.9 cm³/mol. The molecule has 0 aromatic heterocycles. The highest BCUT2D eigenvalue weighted by molar-refractivity contribution is 6.85. The lowest BCUT2D eigenvalue weighted by Gasteiger charge is -2.35. The Balaban J connectivity index is 2.87. The number of carbonyl (C=O) groups excluding carboxylic acids is 1. The van der Waals surface area contributed by atoms with Crippen LogP contribution in [-0.4, -0.2) is 32.0 Å². The van der Waals surface area contributed by atoms with Crippen LogP contribution in [0.25, 0.3) is 0 Å². The Morgan fingerprint density at radius 2 is 1.68 bits per heavy atom. The summed E-state index contributed by atoms with van der Waals surface area (Å²) < 4.78 is 0. The van der Waals surface area contributed by atoms with Gasteiger partial charge in [0, 0.05) is 18.7 Å². The number of amides is 1. The van der Waals surface area contributed by atoms with Crippen LogP contribution in [0.5, 0.6) is 0 Å². The summed E-state index contributed by atoms with van der Waals surface area (Å²) in [6.45, 7) is 15.9. The third-order valence-corrected chi connectivity index (χ3v) is 10.4. The van der Waals surface area contributed by atoms with Crippen molar-refractivity contribution in [3.05, 3.63) is 11.3 Å². The maximum Gasteiger partial charge on any atom is 0.249 e. The zero-order chi connectivity index (χ0) is 16.8. The number of likely N-dealkylation sites (tertiary alicyclic amines) is 1. The zero-order valence-electron chi connectivity index (χ0n) is 15.8. The van der Waals surface area contributed by atoms with Gasteiger partial charge in [-0.3, -0.25) is 4.79 Å². The molecule has 0 unspecified atom stereocenters. The van der Waals surface area contributed by atoms with Gasteiger partial charge in [-0.15, -0.1) is 0 Å². The van der Waals surface area contributed by atoms with Crippen LogP contribution in [0.15, 0.2) is 11.3 Å². The summed E-state index contributed by atoms with van der Waals surface area (Å²) in [5, 5.41) is 0.299. The van der Waals surface area contributed by atoms with Gasteiger partial charge >= 0.3 is 0 Å². The van der Waals surface area contributed by atoms with Crippen molar-refractivity contribution in [2.75, 3.05) is 13.1 Å². The van der Waals surface area contributed by atoms with E-state index in [4.69, 9.17) is 0 Å². The normalized spacial score (nSPS) is 17.2. The summed E-state index contributed by atoms with van der Waals surface area (Å²) in [6.07, 6.45) is 8.27. The van der Waals surface area contributed by atoms with E-state index < -0.39 is 8.07 Å². The quantitative estimate of drug-likeness (QED) is 0.341. The largest absolute Gasteiger partial charge is 0.339 e. The molecule has 1 heterocycles. The molecule has 0 saturated carbocycles. The molecule has 0 aromatic rings. The molecule has 2 nitrogen and oxygen atoms in total. The molecule has 0 aliphatic carbocycles. The summed E-state index contributed by atoms with van der Waals surface area (Å²) in [5.74, 6) is 0.332. The first kappa shape index (κ1) is 19.5. The van der Waals surface area contributed by atoms with E-state index in [1.165, 1.54) is 32.1 Å². The molecule has 1 aliphatic heterocycles. The molecule has 0 atom stereocenters. The van der Waals surface area contributed by atoms with Crippen molar-refractivity contribution >= 4 is 14.0 Å². The first-order valence-electron chi connectivity index (χ1n) is 9.20. The Morgan fingerprint density at radius 1 is 1.09 bits per heavy atom. The van der Waals surface area contributed by atoms with E-state index >= 15 is 0 Å². The average molecular weight is 324 g/mol. The highest BCUT2D eigenvalue weighted by Crippen LogP contribution is 2.38. The van der Waals surface area contributed by atoms with Crippen molar-refractivity contribution in [1.82, 2.24) is 4.90 Å². The van der Waals surface area contributed by atoms with E-state index in [-0.39, 0.29) is 0 Å². The van der Waals surface area contributed by atoms with E-state index in [2.05, 4.69) is 51.4 Å². The lowest BCUT2D eigenvalue weighted by Crippen LogP contribution is -2.37. The fraction of sp³-hybridized carbons (Fsp3) is 0.842. The van der Waals surface area contributed by atoms with Crippen LogP contribution < -0.4 is 0 Å². The monoisotopic (exact) mass is 323 g/mol. The Morgan fingerprint density at radius 3 is 2.18 bits per heavy atom. The van der Waals surface area contributed by atoms with Crippen LogP contribution in [0, 0.1) is 0 Å². The Hall–Kier alpha value is -0.573. The van der Waals surface area contributed by atoms with Gasteiger partial charge in [0.05, 0.1) is 8.07 Å². The van der Waals surface area contributed by atoms with Crippen molar-refractivity contribution in [3.8, 4) is 0 Å². The van der Waals surface area contributed by atoms with E-state index in [0.717, 1.165) is 31.5 Å². The van der Waals surface area contributed by atoms with E-state index in [9.17, 15) is 4.79 Å². The topological polar surface area (TPSA) is 20.3 Å². The van der Waals surface area contributed by atoms with Gasteiger partial charge in [-0.1, -0.05) is 65.8 Å². The minimum absolute atomic E-state index is 0.299. The third kappa shape index (κ3) is 5.57. The standard InChI is InChI=1S/C19H37NOSi/c1-7-8-9-10-13-17(16-22(5,6)19(2,3)4)18(21)20-14-11-12-15-20/h16H,7-15H2,1-6H3/b17-16-. The van der Waals surface area contributed by atoms with Gasteiger partial charge in [0.15, 0.2) is 0 Å². The highest BCUT2D eigenvalue weighted by Gasteiger charge is 2.34. The molecule has 0 bridgehead atoms. The first-order chi connectivity index (χ1) is 10.2. The number of hydrogen-bond donors (Lipinski definition) is 0. The van der Waals surface area contributed by atoms with Gasteiger partial charge in [-0.05, 0) is 30.7 Å². The summed E-state index contributed by atoms with van der Waals surface area (Å²) in [4.78, 5) is 15.0. The van der Waals surface area contributed by atoms with Crippen LogP contribution >= 0.6 is 0 Å². The summed E-state index contributed by atoms with van der Waals surface area (Å²) >= 11 is 0. The van der Waals surface area contributed by atoms with Crippen molar-refractivity contribution in [3.63, 3.8) is 0 Å². The Labute approximate surface area is 139 Å². The summed E-state index contributed by atoms with van der Waals surface area (Å²) in [7, 11) is -1.56. The molecule has 0 aromatic carbocycles. The van der Waals surface area contributed by atoms with E-state index in [0.29, 0.717) is 10.9 Å². The molecule has 3 heteroatoms. The lowest BCUT2D eigenvalue weighted by atomic mass is 10.1. The summed E-state index contributed by atoms with van der Waals surface area (Å²) in [5.41, 5.74) is 3.53. The molecule has 0 spiro atoms. The molecule has 1 amide bonds. The maximum atomic E-state index is 12.9. The van der Waals surface area contributed by atoms with Gasteiger partial charge in [0.2, 0.25) is 5.91 Å². The van der Waals surface area contributed by atoms with Crippen LogP contribution in [-0.2, 0) is 4.79 Å². The Kier molecular flexibility index (Phi) is 7.37. The van der Waals surface area contributed by atoms with Crippen molar-refractivity contribution in [1.29, 1.82) is 0 Å². The molecule has 1 fully saturated rings. The van der Waals surface area contributed by atoms with Crippen molar-refractivity contribution < 1.29 is 4.79 Å². The minimum Gasteiger partial charge on any atom is -0.339 e. The van der Waals surface area contributed by atoms with Crippen LogP contribution in [0.3, 0.4) is 0 Å². The molecule has 1 aliphatic rings. The zero-order valence-corrected chi connectivity index (χ0v) is 16.8. The van der Waals surface area contributed by atoms with Crippen molar-refractivity contribution in [2.24, 2.45) is 0 Å². The molecular weight excluding hydrogens is 286 g/mol. The molecule has 0 radical (unpaired) electrons. The highest BCUT2D eigenvalue weighted by atomic mass is 28.3. The van der Waals surface area contributed by atoms with Crippen LogP contribution in [0.4, 0.5) is 0 Å². The van der Waals surface area contributed by atoms with Gasteiger partial charge in [-0.25, -0.2) is 0 Å². The fourth-order valence-electron chi connectivity index (χ4n) is 2.76. The van der Waals surface area contributed by atoms with Crippen LogP contribution in [0.2, 0.25) is 18.1 Å². The van der Waals surface area contributed by atoms with Gasteiger partial charge in [0.1, 0.15) is 0 Å². The smallest absolute Gasteiger partial charge is 0.249 e.